The highest BCUT2D eigenvalue weighted by Gasteiger charge is 2.59. The van der Waals surface area contributed by atoms with Gasteiger partial charge in [-0.1, -0.05) is 30.4 Å². The fraction of sp³-hybridized carbons (Fsp3) is 0.700. The normalized spacial score (nSPS) is 35.8. The third-order valence-corrected chi connectivity index (χ3v) is 5.55. The lowest BCUT2D eigenvalue weighted by Gasteiger charge is -2.38. The van der Waals surface area contributed by atoms with Crippen LogP contribution in [0, 0.1) is 11.8 Å². The van der Waals surface area contributed by atoms with Crippen molar-refractivity contribution in [3.8, 4) is 11.8 Å². The molecule has 2 bridgehead atoms. The number of fused-ring (bicyclic) bond motifs is 3. The second-order valence-corrected chi connectivity index (χ2v) is 8.12. The molecule has 0 aromatic carbocycles. The highest BCUT2D eigenvalue weighted by molar-refractivity contribution is 5.57. The van der Waals surface area contributed by atoms with Crippen molar-refractivity contribution in [3.05, 3.63) is 23.3 Å². The molecule has 23 heavy (non-hydrogen) atoms. The van der Waals surface area contributed by atoms with Gasteiger partial charge in [0.1, 0.15) is 12.2 Å². The van der Waals surface area contributed by atoms with E-state index in [4.69, 9.17) is 9.47 Å². The second kappa shape index (κ2) is 5.48. The number of hydrogen-bond acceptors (Lipinski definition) is 3. The van der Waals surface area contributed by atoms with Crippen molar-refractivity contribution < 1.29 is 9.47 Å². The zero-order valence-corrected chi connectivity index (χ0v) is 14.5. The summed E-state index contributed by atoms with van der Waals surface area (Å²) >= 11 is 0. The molecule has 3 heterocycles. The molecule has 0 aromatic rings. The molecule has 4 rings (SSSR count). The zero-order chi connectivity index (χ0) is 16.1. The molecular weight excluding hydrogens is 286 g/mol. The van der Waals surface area contributed by atoms with Crippen molar-refractivity contribution >= 4 is 0 Å². The maximum atomic E-state index is 6.32. The van der Waals surface area contributed by atoms with E-state index in [2.05, 4.69) is 49.7 Å². The van der Waals surface area contributed by atoms with Gasteiger partial charge in [0.25, 0.3) is 0 Å². The summed E-state index contributed by atoms with van der Waals surface area (Å²) in [5.41, 5.74) is 2.33. The highest BCUT2D eigenvalue weighted by Crippen LogP contribution is 2.53. The van der Waals surface area contributed by atoms with Crippen molar-refractivity contribution in [1.82, 2.24) is 4.90 Å². The summed E-state index contributed by atoms with van der Waals surface area (Å²) in [5, 5.41) is 0. The Morgan fingerprint density at radius 3 is 3.09 bits per heavy atom. The van der Waals surface area contributed by atoms with E-state index in [0.717, 1.165) is 13.0 Å². The quantitative estimate of drug-likeness (QED) is 0.695. The second-order valence-electron chi connectivity index (χ2n) is 8.12. The van der Waals surface area contributed by atoms with Crippen LogP contribution in [0.25, 0.3) is 0 Å². The third kappa shape index (κ3) is 2.58. The SMILES string of the molecule is CC(C)(C)OCC#CC1=CC2CC3(OCC=C13)C1CCCCN21. The van der Waals surface area contributed by atoms with Gasteiger partial charge < -0.3 is 9.47 Å². The van der Waals surface area contributed by atoms with Crippen LogP contribution in [0.1, 0.15) is 46.5 Å². The van der Waals surface area contributed by atoms with Gasteiger partial charge in [0.15, 0.2) is 0 Å². The predicted molar refractivity (Wildman–Crippen MR) is 91.1 cm³/mol. The molecular formula is C20H27NO2. The van der Waals surface area contributed by atoms with Crippen molar-refractivity contribution in [2.24, 2.45) is 0 Å². The van der Waals surface area contributed by atoms with Crippen LogP contribution in [-0.2, 0) is 9.47 Å². The largest absolute Gasteiger partial charge is 0.364 e. The Morgan fingerprint density at radius 2 is 2.26 bits per heavy atom. The van der Waals surface area contributed by atoms with Crippen LogP contribution in [0.2, 0.25) is 0 Å². The van der Waals surface area contributed by atoms with Crippen molar-refractivity contribution in [2.45, 2.75) is 69.7 Å². The molecule has 2 saturated heterocycles. The van der Waals surface area contributed by atoms with Crippen molar-refractivity contribution in [3.63, 3.8) is 0 Å². The third-order valence-electron chi connectivity index (χ3n) is 5.55. The lowest BCUT2D eigenvalue weighted by molar-refractivity contribution is -0.0182. The average molecular weight is 313 g/mol. The number of ether oxygens (including phenoxy) is 2. The van der Waals surface area contributed by atoms with Gasteiger partial charge in [0.05, 0.1) is 12.2 Å². The first kappa shape index (κ1) is 15.4. The minimum Gasteiger partial charge on any atom is -0.364 e. The summed E-state index contributed by atoms with van der Waals surface area (Å²) in [6, 6.07) is 1.06. The van der Waals surface area contributed by atoms with Gasteiger partial charge in [-0.2, -0.15) is 0 Å². The number of nitrogens with zero attached hydrogens (tertiary/aromatic N) is 1. The first-order valence-corrected chi connectivity index (χ1v) is 8.95. The molecule has 3 heteroatoms. The van der Waals surface area contributed by atoms with E-state index in [0.29, 0.717) is 18.7 Å². The zero-order valence-electron chi connectivity index (χ0n) is 14.5. The fourth-order valence-electron chi connectivity index (χ4n) is 4.65. The van der Waals surface area contributed by atoms with Crippen LogP contribution in [0.15, 0.2) is 23.3 Å². The van der Waals surface area contributed by atoms with Crippen molar-refractivity contribution in [2.75, 3.05) is 19.8 Å². The van der Waals surface area contributed by atoms with E-state index in [1.807, 2.05) is 0 Å². The summed E-state index contributed by atoms with van der Waals surface area (Å²) < 4.78 is 12.1. The van der Waals surface area contributed by atoms with Crippen LogP contribution < -0.4 is 0 Å². The van der Waals surface area contributed by atoms with Gasteiger partial charge >= 0.3 is 0 Å². The summed E-state index contributed by atoms with van der Waals surface area (Å²) in [6.07, 6.45) is 9.67. The van der Waals surface area contributed by atoms with Gasteiger partial charge in [0, 0.05) is 24.1 Å². The molecule has 0 aromatic heterocycles. The summed E-state index contributed by atoms with van der Waals surface area (Å²) in [7, 11) is 0. The molecule has 3 atom stereocenters. The lowest BCUT2D eigenvalue weighted by atomic mass is 9.77. The number of piperidine rings is 1. The Hall–Kier alpha value is -1.08. The Morgan fingerprint density at radius 1 is 1.39 bits per heavy atom. The van der Waals surface area contributed by atoms with Crippen LogP contribution in [0.3, 0.4) is 0 Å². The molecule has 0 radical (unpaired) electrons. The minimum atomic E-state index is -0.133. The van der Waals surface area contributed by atoms with Crippen LogP contribution in [0.4, 0.5) is 0 Å². The Bertz CT molecular complexity index is 616. The molecule has 1 spiro atoms. The monoisotopic (exact) mass is 313 g/mol. The molecule has 0 saturated carbocycles. The summed E-state index contributed by atoms with van der Waals surface area (Å²) in [6.45, 7) is 8.63. The van der Waals surface area contributed by atoms with Crippen LogP contribution >= 0.6 is 0 Å². The molecule has 0 amide bonds. The molecule has 0 N–H and O–H groups in total. The maximum Gasteiger partial charge on any atom is 0.112 e. The minimum absolute atomic E-state index is 0.0747. The molecule has 3 unspecified atom stereocenters. The fourth-order valence-corrected chi connectivity index (χ4v) is 4.65. The maximum absolute atomic E-state index is 6.32. The van der Waals surface area contributed by atoms with E-state index >= 15 is 0 Å². The molecule has 124 valence electrons. The predicted octanol–water partition coefficient (Wildman–Crippen LogP) is 3.07. The van der Waals surface area contributed by atoms with Crippen LogP contribution in [0.5, 0.6) is 0 Å². The Kier molecular flexibility index (Phi) is 3.68. The number of hydrogen-bond donors (Lipinski definition) is 0. The molecule has 1 aliphatic carbocycles. The van der Waals surface area contributed by atoms with E-state index in [9.17, 15) is 0 Å². The standard InChI is InChI=1S/C20H27NO2/c1-19(2,3)22-11-6-7-15-13-16-14-20(17(15)9-12-23-20)18-8-4-5-10-21(16)18/h9,13,16,18H,4-5,8,10-12,14H2,1-3H3. The summed E-state index contributed by atoms with van der Waals surface area (Å²) in [5.74, 6) is 6.60. The van der Waals surface area contributed by atoms with E-state index in [1.165, 1.54) is 37.0 Å². The first-order chi connectivity index (χ1) is 11.0. The van der Waals surface area contributed by atoms with Crippen molar-refractivity contribution in [1.29, 1.82) is 0 Å². The lowest BCUT2D eigenvalue weighted by Crippen LogP contribution is -2.48. The van der Waals surface area contributed by atoms with E-state index in [1.54, 1.807) is 0 Å². The smallest absolute Gasteiger partial charge is 0.112 e. The molecule has 3 nitrogen and oxygen atoms in total. The van der Waals surface area contributed by atoms with Crippen LogP contribution in [-0.4, -0.2) is 47.9 Å². The van der Waals surface area contributed by atoms with Gasteiger partial charge in [0.2, 0.25) is 0 Å². The van der Waals surface area contributed by atoms with Gasteiger partial charge in [-0.25, -0.2) is 0 Å². The number of rotatable bonds is 1. The molecule has 4 aliphatic rings. The summed E-state index contributed by atoms with van der Waals surface area (Å²) in [4.78, 5) is 2.67. The van der Waals surface area contributed by atoms with E-state index in [-0.39, 0.29) is 11.2 Å². The van der Waals surface area contributed by atoms with Gasteiger partial charge in [-0.3, -0.25) is 4.90 Å². The first-order valence-electron chi connectivity index (χ1n) is 8.95. The Balaban J connectivity index is 1.59. The highest BCUT2D eigenvalue weighted by atomic mass is 16.5. The topological polar surface area (TPSA) is 21.7 Å². The molecule has 2 fully saturated rings. The van der Waals surface area contributed by atoms with E-state index < -0.39 is 0 Å². The Labute approximate surface area is 139 Å². The van der Waals surface area contributed by atoms with Gasteiger partial charge in [-0.15, -0.1) is 0 Å². The average Bonchev–Trinajstić information content (AvgIpc) is 3.05. The van der Waals surface area contributed by atoms with Gasteiger partial charge in [-0.05, 0) is 45.7 Å². The molecule has 3 aliphatic heterocycles.